The molecule has 0 spiro atoms. The van der Waals surface area contributed by atoms with Gasteiger partial charge in [0, 0.05) is 17.9 Å². The third-order valence-corrected chi connectivity index (χ3v) is 7.24. The van der Waals surface area contributed by atoms with Crippen molar-refractivity contribution < 1.29 is 4.79 Å². The van der Waals surface area contributed by atoms with Gasteiger partial charge in [0.1, 0.15) is 5.82 Å². The number of hydrogen-bond donors (Lipinski definition) is 2. The first-order valence-electron chi connectivity index (χ1n) is 10.6. The zero-order valence-corrected chi connectivity index (χ0v) is 18.7. The molecule has 0 saturated heterocycles. The summed E-state index contributed by atoms with van der Waals surface area (Å²) in [6.07, 6.45) is 6.20. The summed E-state index contributed by atoms with van der Waals surface area (Å²) in [6.45, 7) is 0. The van der Waals surface area contributed by atoms with Crippen molar-refractivity contribution in [3.8, 4) is 11.1 Å². The summed E-state index contributed by atoms with van der Waals surface area (Å²) in [6, 6.07) is 14.7. The maximum Gasteiger partial charge on any atom is 0.217 e. The first-order chi connectivity index (χ1) is 15.0. The van der Waals surface area contributed by atoms with Gasteiger partial charge in [-0.05, 0) is 69.9 Å². The average Bonchev–Trinajstić information content (AvgIpc) is 3.20. The molecule has 1 aliphatic rings. The molecule has 7 heteroatoms. The molecule has 0 aliphatic heterocycles. The monoisotopic (exact) mass is 477 g/mol. The molecule has 0 atom stereocenters. The number of amides is 1. The van der Waals surface area contributed by atoms with E-state index in [4.69, 9.17) is 16.5 Å². The number of carbonyl (C=O) groups excluding carboxylic acids is 1. The number of fused-ring (bicyclic) bond motifs is 2. The van der Waals surface area contributed by atoms with Gasteiger partial charge < -0.3 is 11.5 Å². The van der Waals surface area contributed by atoms with E-state index in [0.717, 1.165) is 52.6 Å². The van der Waals surface area contributed by atoms with Gasteiger partial charge in [0.05, 0.1) is 16.4 Å². The SMILES string of the molecule is NC(=O)CC1CCC(c2nc3c(-c4ccc5ccccc5c4)cnn3c(N)c2Br)CC1. The Morgan fingerprint density at radius 3 is 2.58 bits per heavy atom. The lowest BCUT2D eigenvalue weighted by Gasteiger charge is -2.28. The fraction of sp³-hybridized carbons (Fsp3) is 0.292. The van der Waals surface area contributed by atoms with E-state index in [1.165, 1.54) is 10.8 Å². The zero-order chi connectivity index (χ0) is 21.5. The van der Waals surface area contributed by atoms with Crippen molar-refractivity contribution in [2.75, 3.05) is 5.73 Å². The number of rotatable bonds is 4. The summed E-state index contributed by atoms with van der Waals surface area (Å²) in [7, 11) is 0. The van der Waals surface area contributed by atoms with Gasteiger partial charge in [0.2, 0.25) is 5.91 Å². The van der Waals surface area contributed by atoms with Crippen LogP contribution in [0.3, 0.4) is 0 Å². The van der Waals surface area contributed by atoms with E-state index in [2.05, 4.69) is 51.4 Å². The molecule has 2 aromatic carbocycles. The molecule has 1 aliphatic carbocycles. The predicted octanol–water partition coefficient (Wildman–Crippen LogP) is 5.04. The summed E-state index contributed by atoms with van der Waals surface area (Å²) in [5.74, 6) is 1.01. The van der Waals surface area contributed by atoms with Crippen LogP contribution in [0.2, 0.25) is 0 Å². The van der Waals surface area contributed by atoms with Gasteiger partial charge in [-0.1, -0.05) is 36.4 Å². The second-order valence-corrected chi connectivity index (χ2v) is 9.23. The molecule has 2 aromatic heterocycles. The summed E-state index contributed by atoms with van der Waals surface area (Å²) in [5, 5.41) is 6.89. The van der Waals surface area contributed by atoms with E-state index >= 15 is 0 Å². The van der Waals surface area contributed by atoms with Crippen LogP contribution in [0, 0.1) is 5.92 Å². The highest BCUT2D eigenvalue weighted by molar-refractivity contribution is 9.10. The molecular formula is C24H24BrN5O. The van der Waals surface area contributed by atoms with E-state index in [9.17, 15) is 4.79 Å². The van der Waals surface area contributed by atoms with Crippen molar-refractivity contribution >= 4 is 44.1 Å². The van der Waals surface area contributed by atoms with Gasteiger partial charge in [-0.25, -0.2) is 4.98 Å². The highest BCUT2D eigenvalue weighted by Crippen LogP contribution is 2.41. The van der Waals surface area contributed by atoms with Crippen molar-refractivity contribution in [2.24, 2.45) is 11.7 Å². The molecule has 31 heavy (non-hydrogen) atoms. The lowest BCUT2D eigenvalue weighted by atomic mass is 9.79. The van der Waals surface area contributed by atoms with Gasteiger partial charge in [-0.2, -0.15) is 9.61 Å². The number of aromatic nitrogens is 3. The van der Waals surface area contributed by atoms with Crippen LogP contribution in [0.15, 0.2) is 53.1 Å². The van der Waals surface area contributed by atoms with Crippen molar-refractivity contribution in [1.82, 2.24) is 14.6 Å². The van der Waals surface area contributed by atoms with Crippen LogP contribution < -0.4 is 11.5 Å². The molecular weight excluding hydrogens is 454 g/mol. The van der Waals surface area contributed by atoms with Crippen molar-refractivity contribution in [2.45, 2.75) is 38.0 Å². The number of hydrogen-bond acceptors (Lipinski definition) is 4. The topological polar surface area (TPSA) is 99.3 Å². The minimum Gasteiger partial charge on any atom is -0.383 e. The Labute approximate surface area is 188 Å². The number of carbonyl (C=O) groups is 1. The van der Waals surface area contributed by atoms with Gasteiger partial charge in [-0.15, -0.1) is 0 Å². The van der Waals surface area contributed by atoms with Crippen LogP contribution in [0.5, 0.6) is 0 Å². The molecule has 1 amide bonds. The second-order valence-electron chi connectivity index (χ2n) is 8.44. The Balaban J connectivity index is 1.54. The third-order valence-electron chi connectivity index (χ3n) is 6.43. The first kappa shape index (κ1) is 20.0. The van der Waals surface area contributed by atoms with Gasteiger partial charge >= 0.3 is 0 Å². The van der Waals surface area contributed by atoms with E-state index in [-0.39, 0.29) is 5.91 Å². The predicted molar refractivity (Wildman–Crippen MR) is 127 cm³/mol. The smallest absolute Gasteiger partial charge is 0.217 e. The Kier molecular flexibility index (Phi) is 5.14. The molecule has 2 heterocycles. The molecule has 0 radical (unpaired) electrons. The average molecular weight is 478 g/mol. The van der Waals surface area contributed by atoms with Gasteiger partial charge in [0.15, 0.2) is 5.65 Å². The number of nitrogens with two attached hydrogens (primary N) is 2. The number of benzene rings is 2. The van der Waals surface area contributed by atoms with Gasteiger partial charge in [-0.3, -0.25) is 4.79 Å². The standard InChI is InChI=1S/C24H24BrN5O/c25-21-22(16-7-5-14(6-8-16)11-20(26)31)29-24-19(13-28-30(24)23(21)27)18-10-9-15-3-1-2-4-17(15)12-18/h1-4,9-10,12-14,16H,5-8,11,27H2,(H2,26,31). The minimum absolute atomic E-state index is 0.215. The van der Waals surface area contributed by atoms with E-state index in [1.807, 2.05) is 18.3 Å². The zero-order valence-electron chi connectivity index (χ0n) is 17.1. The Morgan fingerprint density at radius 2 is 1.84 bits per heavy atom. The minimum atomic E-state index is -0.215. The van der Waals surface area contributed by atoms with E-state index in [0.29, 0.717) is 24.1 Å². The molecule has 158 valence electrons. The maximum absolute atomic E-state index is 11.3. The summed E-state index contributed by atoms with van der Waals surface area (Å²) < 4.78 is 2.52. The fourth-order valence-corrected chi connectivity index (χ4v) is 5.35. The van der Waals surface area contributed by atoms with Crippen LogP contribution in [0.1, 0.15) is 43.7 Å². The van der Waals surface area contributed by atoms with Crippen molar-refractivity contribution in [3.63, 3.8) is 0 Å². The molecule has 0 unspecified atom stereocenters. The number of primary amides is 1. The largest absolute Gasteiger partial charge is 0.383 e. The van der Waals surface area contributed by atoms with Gasteiger partial charge in [0.25, 0.3) is 0 Å². The third kappa shape index (κ3) is 3.67. The fourth-order valence-electron chi connectivity index (χ4n) is 4.77. The van der Waals surface area contributed by atoms with Crippen molar-refractivity contribution in [1.29, 1.82) is 0 Å². The maximum atomic E-state index is 11.3. The lowest BCUT2D eigenvalue weighted by molar-refractivity contribution is -0.119. The number of nitrogen functional groups attached to an aromatic ring is 1. The summed E-state index contributed by atoms with van der Waals surface area (Å²) in [5.41, 5.74) is 15.6. The summed E-state index contributed by atoms with van der Waals surface area (Å²) >= 11 is 3.67. The lowest BCUT2D eigenvalue weighted by Crippen LogP contribution is -2.21. The summed E-state index contributed by atoms with van der Waals surface area (Å²) in [4.78, 5) is 16.3. The number of anilines is 1. The molecule has 1 fully saturated rings. The van der Waals surface area contributed by atoms with E-state index in [1.54, 1.807) is 4.52 Å². The van der Waals surface area contributed by atoms with Crippen molar-refractivity contribution in [3.05, 3.63) is 58.8 Å². The normalized spacial score (nSPS) is 19.1. The molecule has 4 aromatic rings. The molecule has 4 N–H and O–H groups in total. The quantitative estimate of drug-likeness (QED) is 0.429. The Morgan fingerprint density at radius 1 is 1.10 bits per heavy atom. The van der Waals surface area contributed by atoms with E-state index < -0.39 is 0 Å². The number of halogens is 1. The number of nitrogens with zero attached hydrogens (tertiary/aromatic N) is 3. The highest BCUT2D eigenvalue weighted by Gasteiger charge is 2.28. The first-order valence-corrected chi connectivity index (χ1v) is 11.4. The Hall–Kier alpha value is -2.93. The van der Waals surface area contributed by atoms with Crippen LogP contribution >= 0.6 is 15.9 Å². The van der Waals surface area contributed by atoms with Crippen LogP contribution in [0.4, 0.5) is 5.82 Å². The Bertz CT molecular complexity index is 1290. The molecule has 5 rings (SSSR count). The highest BCUT2D eigenvalue weighted by atomic mass is 79.9. The molecule has 6 nitrogen and oxygen atoms in total. The van der Waals surface area contributed by atoms with Crippen LogP contribution in [0.25, 0.3) is 27.5 Å². The van der Waals surface area contributed by atoms with Crippen LogP contribution in [-0.4, -0.2) is 20.5 Å². The molecule has 1 saturated carbocycles. The van der Waals surface area contributed by atoms with Crippen LogP contribution in [-0.2, 0) is 4.79 Å². The second kappa shape index (κ2) is 7.96. The molecule has 0 bridgehead atoms.